The Morgan fingerprint density at radius 3 is 2.86 bits per heavy atom. The number of nitrogens with one attached hydrogen (secondary N) is 1. The van der Waals surface area contributed by atoms with Crippen molar-refractivity contribution in [1.82, 2.24) is 15.2 Å². The number of anilines is 1. The van der Waals surface area contributed by atoms with Gasteiger partial charge in [-0.2, -0.15) is 5.10 Å². The molecule has 2 heterocycles. The summed E-state index contributed by atoms with van der Waals surface area (Å²) in [5.41, 5.74) is 5.30. The highest BCUT2D eigenvalue weighted by atomic mass is 32.1. The number of ether oxygens (including phenoxy) is 1. The van der Waals surface area contributed by atoms with E-state index < -0.39 is 0 Å². The molecular formula is C19H21N5O3S. The summed E-state index contributed by atoms with van der Waals surface area (Å²) in [6.45, 7) is 4.21. The zero-order valence-electron chi connectivity index (χ0n) is 15.7. The lowest BCUT2D eigenvalue weighted by molar-refractivity contribution is -0.142. The molecule has 8 nitrogen and oxygen atoms in total. The fraction of sp³-hybridized carbons (Fsp3) is 0.316. The Labute approximate surface area is 166 Å². The molecule has 146 valence electrons. The highest BCUT2D eigenvalue weighted by Gasteiger charge is 2.09. The number of aryl methyl sites for hydroxylation is 1. The normalized spacial score (nSPS) is 11.1. The summed E-state index contributed by atoms with van der Waals surface area (Å²) < 4.78 is 10.5. The average Bonchev–Trinajstić information content (AvgIpc) is 3.33. The molecule has 2 aromatic heterocycles. The van der Waals surface area contributed by atoms with E-state index in [-0.39, 0.29) is 12.4 Å². The van der Waals surface area contributed by atoms with E-state index in [1.54, 1.807) is 18.5 Å². The maximum absolute atomic E-state index is 11.5. The summed E-state index contributed by atoms with van der Waals surface area (Å²) in [5.74, 6) is 0.881. The number of nitrogens with zero attached hydrogens (tertiary/aromatic N) is 4. The van der Waals surface area contributed by atoms with E-state index in [9.17, 15) is 4.79 Å². The zero-order chi connectivity index (χ0) is 19.8. The van der Waals surface area contributed by atoms with Gasteiger partial charge in [0.2, 0.25) is 16.9 Å². The molecular weight excluding hydrogens is 378 g/mol. The van der Waals surface area contributed by atoms with Crippen LogP contribution in [0, 0.1) is 0 Å². The topological polar surface area (TPSA) is 102 Å². The summed E-state index contributed by atoms with van der Waals surface area (Å²) >= 11 is 1.38. The molecule has 0 saturated carbocycles. The van der Waals surface area contributed by atoms with Crippen molar-refractivity contribution in [1.29, 1.82) is 0 Å². The summed E-state index contributed by atoms with van der Waals surface area (Å²) in [5, 5.41) is 14.7. The van der Waals surface area contributed by atoms with Crippen molar-refractivity contribution < 1.29 is 13.9 Å². The SMILES string of the molecule is CCCc1nnc(-c2ccc(C=NNc3nc(CC(=O)OCC)cs3)cc2)o1. The van der Waals surface area contributed by atoms with Crippen LogP contribution in [-0.2, 0) is 22.4 Å². The number of thiazole rings is 1. The number of esters is 1. The maximum Gasteiger partial charge on any atom is 0.311 e. The van der Waals surface area contributed by atoms with Gasteiger partial charge in [-0.25, -0.2) is 4.98 Å². The summed E-state index contributed by atoms with van der Waals surface area (Å²) in [6.07, 6.45) is 3.59. The van der Waals surface area contributed by atoms with Gasteiger partial charge in [0.05, 0.1) is 24.9 Å². The molecule has 0 aliphatic carbocycles. The molecule has 0 fully saturated rings. The third-order valence-corrected chi connectivity index (χ3v) is 4.44. The number of aromatic nitrogens is 3. The van der Waals surface area contributed by atoms with Crippen molar-refractivity contribution in [3.63, 3.8) is 0 Å². The van der Waals surface area contributed by atoms with Gasteiger partial charge >= 0.3 is 5.97 Å². The largest absolute Gasteiger partial charge is 0.466 e. The molecule has 0 atom stereocenters. The summed E-state index contributed by atoms with van der Waals surface area (Å²) in [4.78, 5) is 15.8. The van der Waals surface area contributed by atoms with Crippen LogP contribution < -0.4 is 5.43 Å². The van der Waals surface area contributed by atoms with Gasteiger partial charge < -0.3 is 9.15 Å². The summed E-state index contributed by atoms with van der Waals surface area (Å²) in [7, 11) is 0. The zero-order valence-corrected chi connectivity index (χ0v) is 16.5. The lowest BCUT2D eigenvalue weighted by atomic mass is 10.1. The molecule has 28 heavy (non-hydrogen) atoms. The Morgan fingerprint density at radius 2 is 2.11 bits per heavy atom. The van der Waals surface area contributed by atoms with Gasteiger partial charge in [-0.1, -0.05) is 19.1 Å². The van der Waals surface area contributed by atoms with Crippen molar-refractivity contribution in [2.45, 2.75) is 33.1 Å². The van der Waals surface area contributed by atoms with Crippen molar-refractivity contribution in [2.24, 2.45) is 5.10 Å². The molecule has 0 aliphatic rings. The van der Waals surface area contributed by atoms with Crippen LogP contribution in [0.15, 0.2) is 39.2 Å². The van der Waals surface area contributed by atoms with Crippen molar-refractivity contribution in [2.75, 3.05) is 12.0 Å². The molecule has 3 rings (SSSR count). The molecule has 0 saturated heterocycles. The van der Waals surface area contributed by atoms with E-state index >= 15 is 0 Å². The third-order valence-electron chi connectivity index (χ3n) is 3.64. The smallest absolute Gasteiger partial charge is 0.311 e. The van der Waals surface area contributed by atoms with E-state index in [1.165, 1.54) is 11.3 Å². The first-order valence-electron chi connectivity index (χ1n) is 8.99. The second-order valence-corrected chi connectivity index (χ2v) is 6.73. The second kappa shape index (κ2) is 9.75. The molecule has 0 aliphatic heterocycles. The Hall–Kier alpha value is -3.07. The molecule has 0 radical (unpaired) electrons. The van der Waals surface area contributed by atoms with Crippen LogP contribution in [0.1, 0.15) is 37.4 Å². The van der Waals surface area contributed by atoms with Gasteiger partial charge in [-0.3, -0.25) is 10.2 Å². The minimum Gasteiger partial charge on any atom is -0.466 e. The van der Waals surface area contributed by atoms with Gasteiger partial charge in [-0.05, 0) is 31.0 Å². The lowest BCUT2D eigenvalue weighted by Gasteiger charge is -1.98. The number of benzene rings is 1. The van der Waals surface area contributed by atoms with Crippen LogP contribution in [0.4, 0.5) is 5.13 Å². The van der Waals surface area contributed by atoms with Crippen molar-refractivity contribution in [3.05, 3.63) is 46.8 Å². The van der Waals surface area contributed by atoms with E-state index in [0.717, 1.165) is 24.0 Å². The van der Waals surface area contributed by atoms with E-state index in [2.05, 4.69) is 32.6 Å². The van der Waals surface area contributed by atoms with E-state index in [1.807, 2.05) is 24.3 Å². The van der Waals surface area contributed by atoms with Gasteiger partial charge in [0.25, 0.3) is 0 Å². The van der Waals surface area contributed by atoms with Crippen molar-refractivity contribution >= 4 is 28.7 Å². The first-order chi connectivity index (χ1) is 13.7. The van der Waals surface area contributed by atoms with Crippen molar-refractivity contribution in [3.8, 4) is 11.5 Å². The van der Waals surface area contributed by atoms with Crippen LogP contribution in [-0.4, -0.2) is 34.0 Å². The first-order valence-corrected chi connectivity index (χ1v) is 9.87. The van der Waals surface area contributed by atoms with Crippen LogP contribution in [0.2, 0.25) is 0 Å². The highest BCUT2D eigenvalue weighted by Crippen LogP contribution is 2.19. The number of carbonyl (C=O) groups excluding carboxylic acids is 1. The Balaban J connectivity index is 1.54. The Bertz CT molecular complexity index is 933. The minimum absolute atomic E-state index is 0.160. The fourth-order valence-electron chi connectivity index (χ4n) is 2.36. The third kappa shape index (κ3) is 5.46. The second-order valence-electron chi connectivity index (χ2n) is 5.87. The highest BCUT2D eigenvalue weighted by molar-refractivity contribution is 7.13. The molecule has 0 bridgehead atoms. The molecule has 3 aromatic rings. The Kier molecular flexibility index (Phi) is 6.85. The maximum atomic E-state index is 11.5. The number of rotatable bonds is 9. The number of hydrogen-bond donors (Lipinski definition) is 1. The molecule has 0 spiro atoms. The van der Waals surface area contributed by atoms with Gasteiger partial charge in [0.15, 0.2) is 0 Å². The standard InChI is InChI=1S/C19H21N5O3S/c1-3-5-16-22-23-18(27-16)14-8-6-13(7-9-14)11-20-24-19-21-15(12-28-19)10-17(25)26-4-2/h6-9,11-12H,3-5,10H2,1-2H3,(H,21,24). The Morgan fingerprint density at radius 1 is 1.29 bits per heavy atom. The quantitative estimate of drug-likeness (QED) is 0.332. The number of hydrazone groups is 1. The van der Waals surface area contributed by atoms with Crippen LogP contribution in [0.5, 0.6) is 0 Å². The predicted molar refractivity (Wildman–Crippen MR) is 107 cm³/mol. The first kappa shape index (κ1) is 19.7. The molecule has 0 unspecified atom stereocenters. The lowest BCUT2D eigenvalue weighted by Crippen LogP contribution is -2.07. The van der Waals surface area contributed by atoms with Crippen LogP contribution in [0.3, 0.4) is 0 Å². The van der Waals surface area contributed by atoms with E-state index in [4.69, 9.17) is 9.15 Å². The molecule has 1 aromatic carbocycles. The van der Waals surface area contributed by atoms with Crippen LogP contribution in [0.25, 0.3) is 11.5 Å². The fourth-order valence-corrected chi connectivity index (χ4v) is 3.02. The number of hydrogen-bond acceptors (Lipinski definition) is 9. The van der Waals surface area contributed by atoms with Gasteiger partial charge in [0, 0.05) is 17.4 Å². The monoisotopic (exact) mass is 399 g/mol. The molecule has 0 amide bonds. The predicted octanol–water partition coefficient (Wildman–Crippen LogP) is 3.70. The molecule has 1 N–H and O–H groups in total. The average molecular weight is 399 g/mol. The molecule has 9 heteroatoms. The minimum atomic E-state index is -0.286. The van der Waals surface area contributed by atoms with Gasteiger partial charge in [-0.15, -0.1) is 21.5 Å². The van der Waals surface area contributed by atoms with E-state index in [0.29, 0.717) is 29.2 Å². The number of carbonyl (C=O) groups is 1. The summed E-state index contributed by atoms with van der Waals surface area (Å²) in [6, 6.07) is 7.65. The van der Waals surface area contributed by atoms with Gasteiger partial charge in [0.1, 0.15) is 0 Å². The van der Waals surface area contributed by atoms with Crippen LogP contribution >= 0.6 is 11.3 Å².